The number of carbonyl (C=O) groups is 2. The van der Waals surface area contributed by atoms with Gasteiger partial charge >= 0.3 is 5.97 Å². The minimum Gasteiger partial charge on any atom is -0.453 e. The molecule has 0 saturated carbocycles. The summed E-state index contributed by atoms with van der Waals surface area (Å²) < 4.78 is 40.5. The molecule has 0 bridgehead atoms. The molecule has 17 nitrogen and oxygen atoms in total. The zero-order valence-corrected chi connectivity index (χ0v) is 32.3. The van der Waals surface area contributed by atoms with E-state index in [2.05, 4.69) is 13.2 Å². The van der Waals surface area contributed by atoms with Crippen molar-refractivity contribution in [1.29, 1.82) is 0 Å². The van der Waals surface area contributed by atoms with E-state index < -0.39 is 122 Å². The summed E-state index contributed by atoms with van der Waals surface area (Å²) in [5.41, 5.74) is -0.987. The van der Waals surface area contributed by atoms with Crippen molar-refractivity contribution in [2.75, 3.05) is 13.2 Å². The van der Waals surface area contributed by atoms with Crippen molar-refractivity contribution in [3.8, 4) is 0 Å². The SMILES string of the molecule is C=C[C@@](C)(CC/C=C(\C)C(=O)OC1C(C)OC(OC2C(O[C@@](C)(C=C)CCC=C(C)C)OC(CO)C(O)C2O)C(O)C1O)OC1OC(CO)C(O)C(=O)C1O. The number of hydrogen-bond donors (Lipinski definition) is 8. The van der Waals surface area contributed by atoms with Crippen LogP contribution in [0, 0.1) is 0 Å². The van der Waals surface area contributed by atoms with E-state index >= 15 is 0 Å². The maximum Gasteiger partial charge on any atom is 0.333 e. The number of esters is 1. The number of aliphatic hydroxyl groups is 8. The number of ketones is 1. The molecule has 3 heterocycles. The Bertz CT molecular complexity index is 1370. The first-order chi connectivity index (χ1) is 25.7. The van der Waals surface area contributed by atoms with E-state index in [4.69, 9.17) is 33.2 Å². The lowest BCUT2D eigenvalue weighted by atomic mass is 9.96. The molecule has 14 unspecified atom stereocenters. The molecule has 0 radical (unpaired) electrons. The van der Waals surface area contributed by atoms with Gasteiger partial charge in [0.1, 0.15) is 48.8 Å². The summed E-state index contributed by atoms with van der Waals surface area (Å²) in [7, 11) is 0. The van der Waals surface area contributed by atoms with Gasteiger partial charge in [-0.2, -0.15) is 0 Å². The molecule has 55 heavy (non-hydrogen) atoms. The van der Waals surface area contributed by atoms with Crippen molar-refractivity contribution >= 4 is 11.8 Å². The molecule has 0 aliphatic carbocycles. The standard InChI is InChI=1S/C38H60O17/c1-9-37(7,54-35-29(46)26(43)24(41)22(17-39)50-35)16-12-14-20(5)33(48)52-31-21(6)49-34(30(47)28(31)45)53-32-27(44)25(42)23(18-40)51-36(32)55-38(8,10-2)15-11-13-19(3)4/h9-10,13-14,21-25,27-32,34-36,39-42,44-47H,1-2,11-12,15-18H2,3-8H3/b20-14+/t21?,22?,23?,24?,25?,27?,28?,29?,30?,31?,32?,34?,35?,36?,37-,38-/m0/s1. The number of ether oxygens (including phenoxy) is 7. The van der Waals surface area contributed by atoms with Gasteiger partial charge in [0.2, 0.25) is 0 Å². The lowest BCUT2D eigenvalue weighted by Gasteiger charge is -2.47. The lowest BCUT2D eigenvalue weighted by molar-refractivity contribution is -0.373. The van der Waals surface area contributed by atoms with Gasteiger partial charge in [-0.1, -0.05) is 29.9 Å². The average Bonchev–Trinajstić information content (AvgIpc) is 3.14. The van der Waals surface area contributed by atoms with Crippen LogP contribution in [0.5, 0.6) is 0 Å². The number of aliphatic hydroxyl groups excluding tert-OH is 8. The highest BCUT2D eigenvalue weighted by Gasteiger charge is 2.52. The third kappa shape index (κ3) is 11.8. The first-order valence-electron chi connectivity index (χ1n) is 18.3. The number of allylic oxidation sites excluding steroid dienone is 3. The van der Waals surface area contributed by atoms with Crippen molar-refractivity contribution in [1.82, 2.24) is 0 Å². The van der Waals surface area contributed by atoms with Gasteiger partial charge in [-0.3, -0.25) is 4.79 Å². The summed E-state index contributed by atoms with van der Waals surface area (Å²) in [5.74, 6) is -1.80. The Kier molecular flexibility index (Phi) is 17.3. The van der Waals surface area contributed by atoms with Crippen LogP contribution >= 0.6 is 0 Å². The topological polar surface area (TPSA) is 261 Å². The Labute approximate surface area is 321 Å². The fourth-order valence-electron chi connectivity index (χ4n) is 6.25. The molecule has 314 valence electrons. The number of hydrogen-bond acceptors (Lipinski definition) is 17. The van der Waals surface area contributed by atoms with E-state index in [1.807, 2.05) is 19.9 Å². The van der Waals surface area contributed by atoms with Gasteiger partial charge < -0.3 is 74.0 Å². The normalized spacial score (nSPS) is 38.0. The van der Waals surface area contributed by atoms with Gasteiger partial charge in [-0.25, -0.2) is 4.79 Å². The molecule has 0 aromatic carbocycles. The minimum absolute atomic E-state index is 0.121. The number of Topliss-reactive ketones (excluding diaryl/α,β-unsaturated/α-hetero) is 1. The third-order valence-corrected chi connectivity index (χ3v) is 10.1. The van der Waals surface area contributed by atoms with Crippen molar-refractivity contribution in [2.24, 2.45) is 0 Å². The lowest BCUT2D eigenvalue weighted by Crippen LogP contribution is -2.65. The molecule has 3 rings (SSSR count). The number of carbonyl (C=O) groups excluding carboxylic acids is 2. The molecule has 3 saturated heterocycles. The average molecular weight is 789 g/mol. The largest absolute Gasteiger partial charge is 0.453 e. The second-order valence-electron chi connectivity index (χ2n) is 14.9. The summed E-state index contributed by atoms with van der Waals surface area (Å²) in [6.07, 6.45) is -13.4. The first-order valence-corrected chi connectivity index (χ1v) is 18.3. The molecule has 3 aliphatic rings. The molecule has 8 N–H and O–H groups in total. The van der Waals surface area contributed by atoms with Crippen LogP contribution in [0.3, 0.4) is 0 Å². The van der Waals surface area contributed by atoms with E-state index in [0.29, 0.717) is 12.8 Å². The van der Waals surface area contributed by atoms with Gasteiger partial charge in [-0.05, 0) is 67.2 Å². The van der Waals surface area contributed by atoms with Crippen LogP contribution in [0.25, 0.3) is 0 Å². The van der Waals surface area contributed by atoms with E-state index in [-0.39, 0.29) is 18.4 Å². The Morgan fingerprint density at radius 1 is 0.727 bits per heavy atom. The van der Waals surface area contributed by atoms with E-state index in [9.17, 15) is 50.4 Å². The Morgan fingerprint density at radius 2 is 1.25 bits per heavy atom. The first kappa shape index (κ1) is 46.9. The summed E-state index contributed by atoms with van der Waals surface area (Å²) in [6.45, 7) is 16.4. The fourth-order valence-corrected chi connectivity index (χ4v) is 6.25. The highest BCUT2D eigenvalue weighted by Crippen LogP contribution is 2.34. The van der Waals surface area contributed by atoms with Crippen LogP contribution in [-0.4, -0.2) is 163 Å². The minimum atomic E-state index is -1.82. The molecule has 0 aromatic rings. The molecule has 0 amide bonds. The van der Waals surface area contributed by atoms with Crippen LogP contribution in [0.2, 0.25) is 0 Å². The van der Waals surface area contributed by atoms with Gasteiger partial charge in [0.15, 0.2) is 36.9 Å². The molecule has 16 atom stereocenters. The predicted octanol–water partition coefficient (Wildman–Crippen LogP) is -0.407. The molecular weight excluding hydrogens is 728 g/mol. The van der Waals surface area contributed by atoms with Crippen molar-refractivity contribution in [3.63, 3.8) is 0 Å². The second-order valence-corrected chi connectivity index (χ2v) is 14.9. The van der Waals surface area contributed by atoms with Crippen molar-refractivity contribution in [2.45, 2.75) is 164 Å². The highest BCUT2D eigenvalue weighted by atomic mass is 16.8. The Morgan fingerprint density at radius 3 is 1.80 bits per heavy atom. The fraction of sp³-hybridized carbons (Fsp3) is 0.737. The van der Waals surface area contributed by atoms with Crippen molar-refractivity contribution < 1.29 is 83.6 Å². The van der Waals surface area contributed by atoms with Crippen LogP contribution in [0.15, 0.2) is 48.6 Å². The molecule has 3 fully saturated rings. The quantitative estimate of drug-likeness (QED) is 0.0499. The molecule has 3 aliphatic heterocycles. The summed E-state index contributed by atoms with van der Waals surface area (Å²) >= 11 is 0. The van der Waals surface area contributed by atoms with Crippen molar-refractivity contribution in [3.05, 3.63) is 48.6 Å². The maximum atomic E-state index is 13.1. The second kappa shape index (κ2) is 20.3. The van der Waals surface area contributed by atoms with E-state index in [1.54, 1.807) is 19.9 Å². The van der Waals surface area contributed by atoms with E-state index in [1.165, 1.54) is 26.0 Å². The van der Waals surface area contributed by atoms with Crippen LogP contribution in [0.4, 0.5) is 0 Å². The van der Waals surface area contributed by atoms with Crippen LogP contribution in [-0.2, 0) is 42.7 Å². The molecular formula is C38H60O17. The monoisotopic (exact) mass is 788 g/mol. The predicted molar refractivity (Wildman–Crippen MR) is 193 cm³/mol. The van der Waals surface area contributed by atoms with Crippen LogP contribution in [0.1, 0.15) is 67.2 Å². The molecule has 0 spiro atoms. The van der Waals surface area contributed by atoms with Gasteiger partial charge in [0, 0.05) is 5.57 Å². The molecule has 17 heteroatoms. The Balaban J connectivity index is 1.65. The number of rotatable bonds is 18. The zero-order valence-electron chi connectivity index (χ0n) is 32.3. The highest BCUT2D eigenvalue weighted by molar-refractivity contribution is 5.88. The van der Waals surface area contributed by atoms with Gasteiger partial charge in [0.25, 0.3) is 0 Å². The van der Waals surface area contributed by atoms with E-state index in [0.717, 1.165) is 5.57 Å². The van der Waals surface area contributed by atoms with Gasteiger partial charge in [0.05, 0.1) is 30.5 Å². The Hall–Kier alpha value is -2.46. The summed E-state index contributed by atoms with van der Waals surface area (Å²) in [6, 6.07) is 0. The molecule has 0 aromatic heterocycles. The zero-order chi connectivity index (χ0) is 41.4. The van der Waals surface area contributed by atoms with Crippen LogP contribution < -0.4 is 0 Å². The third-order valence-electron chi connectivity index (χ3n) is 10.1. The van der Waals surface area contributed by atoms with Gasteiger partial charge in [-0.15, -0.1) is 13.2 Å². The smallest absolute Gasteiger partial charge is 0.333 e. The summed E-state index contributed by atoms with van der Waals surface area (Å²) in [5, 5.41) is 83.3. The maximum absolute atomic E-state index is 13.1. The summed E-state index contributed by atoms with van der Waals surface area (Å²) in [4.78, 5) is 25.3.